The van der Waals surface area contributed by atoms with E-state index in [1.807, 2.05) is 12.1 Å². The van der Waals surface area contributed by atoms with Crippen LogP contribution in [0.15, 0.2) is 24.3 Å². The third kappa shape index (κ3) is 4.81. The van der Waals surface area contributed by atoms with Crippen LogP contribution in [-0.4, -0.2) is 55.5 Å². The van der Waals surface area contributed by atoms with E-state index in [1.54, 1.807) is 12.1 Å². The molecule has 1 aliphatic heterocycles. The number of esters is 1. The third-order valence-electron chi connectivity index (χ3n) is 3.76. The van der Waals surface area contributed by atoms with E-state index < -0.39 is 0 Å². The summed E-state index contributed by atoms with van der Waals surface area (Å²) in [6.07, 6.45) is 2.27. The van der Waals surface area contributed by atoms with Gasteiger partial charge in [0.2, 0.25) is 0 Å². The van der Waals surface area contributed by atoms with Crippen molar-refractivity contribution in [1.82, 2.24) is 4.90 Å². The van der Waals surface area contributed by atoms with Gasteiger partial charge in [0.05, 0.1) is 32.0 Å². The SMILES string of the molecule is COC(=O)c1ccc(CN2CCC(OCCO)CC2)cc1. The molecule has 0 unspecified atom stereocenters. The minimum absolute atomic E-state index is 0.0900. The van der Waals surface area contributed by atoms with Gasteiger partial charge in [-0.1, -0.05) is 12.1 Å². The van der Waals surface area contributed by atoms with E-state index in [-0.39, 0.29) is 18.7 Å². The van der Waals surface area contributed by atoms with E-state index in [0.717, 1.165) is 32.5 Å². The number of hydrogen-bond donors (Lipinski definition) is 1. The van der Waals surface area contributed by atoms with Crippen LogP contribution in [0.5, 0.6) is 0 Å². The molecule has 116 valence electrons. The Bertz CT molecular complexity index is 438. The Morgan fingerprint density at radius 1 is 1.29 bits per heavy atom. The number of hydrogen-bond acceptors (Lipinski definition) is 5. The predicted octanol–water partition coefficient (Wildman–Crippen LogP) is 1.45. The molecule has 1 N–H and O–H groups in total. The number of ether oxygens (including phenoxy) is 2. The largest absolute Gasteiger partial charge is 0.465 e. The highest BCUT2D eigenvalue weighted by atomic mass is 16.5. The highest BCUT2D eigenvalue weighted by Gasteiger charge is 2.19. The van der Waals surface area contributed by atoms with Gasteiger partial charge < -0.3 is 14.6 Å². The molecule has 0 saturated carbocycles. The van der Waals surface area contributed by atoms with E-state index >= 15 is 0 Å². The van der Waals surface area contributed by atoms with E-state index in [0.29, 0.717) is 12.2 Å². The average Bonchev–Trinajstić information content (AvgIpc) is 2.54. The lowest BCUT2D eigenvalue weighted by atomic mass is 10.1. The van der Waals surface area contributed by atoms with Crippen LogP contribution in [0.4, 0.5) is 0 Å². The molecule has 1 fully saturated rings. The van der Waals surface area contributed by atoms with Crippen molar-refractivity contribution < 1.29 is 19.4 Å². The summed E-state index contributed by atoms with van der Waals surface area (Å²) >= 11 is 0. The molecule has 5 nitrogen and oxygen atoms in total. The van der Waals surface area contributed by atoms with Crippen molar-refractivity contribution in [2.75, 3.05) is 33.4 Å². The quantitative estimate of drug-likeness (QED) is 0.804. The fourth-order valence-corrected chi connectivity index (χ4v) is 2.58. The lowest BCUT2D eigenvalue weighted by molar-refractivity contribution is -0.00901. The second-order valence-corrected chi connectivity index (χ2v) is 5.26. The van der Waals surface area contributed by atoms with Crippen molar-refractivity contribution in [3.05, 3.63) is 35.4 Å². The number of methoxy groups -OCH3 is 1. The number of likely N-dealkylation sites (tertiary alicyclic amines) is 1. The van der Waals surface area contributed by atoms with Gasteiger partial charge in [0.25, 0.3) is 0 Å². The molecular weight excluding hydrogens is 270 g/mol. The number of carbonyl (C=O) groups is 1. The van der Waals surface area contributed by atoms with Crippen LogP contribution in [-0.2, 0) is 16.0 Å². The van der Waals surface area contributed by atoms with Gasteiger partial charge in [0.15, 0.2) is 0 Å². The van der Waals surface area contributed by atoms with Gasteiger partial charge in [-0.15, -0.1) is 0 Å². The molecule has 0 radical (unpaired) electrons. The zero-order chi connectivity index (χ0) is 15.1. The molecule has 0 amide bonds. The smallest absolute Gasteiger partial charge is 0.337 e. The van der Waals surface area contributed by atoms with Gasteiger partial charge in [-0.05, 0) is 30.5 Å². The van der Waals surface area contributed by atoms with Gasteiger partial charge in [-0.25, -0.2) is 4.79 Å². The molecule has 1 heterocycles. The topological polar surface area (TPSA) is 59.0 Å². The number of piperidine rings is 1. The summed E-state index contributed by atoms with van der Waals surface area (Å²) in [5.41, 5.74) is 1.77. The lowest BCUT2D eigenvalue weighted by Gasteiger charge is -2.31. The Morgan fingerprint density at radius 3 is 2.52 bits per heavy atom. The molecule has 2 rings (SSSR count). The number of nitrogens with zero attached hydrogens (tertiary/aromatic N) is 1. The van der Waals surface area contributed by atoms with Crippen LogP contribution in [0.2, 0.25) is 0 Å². The Morgan fingerprint density at radius 2 is 1.95 bits per heavy atom. The maximum absolute atomic E-state index is 11.4. The van der Waals surface area contributed by atoms with E-state index in [1.165, 1.54) is 12.7 Å². The van der Waals surface area contributed by atoms with Crippen molar-refractivity contribution in [3.63, 3.8) is 0 Å². The van der Waals surface area contributed by atoms with Crippen LogP contribution in [0.1, 0.15) is 28.8 Å². The zero-order valence-corrected chi connectivity index (χ0v) is 12.5. The maximum atomic E-state index is 11.4. The van der Waals surface area contributed by atoms with Gasteiger partial charge >= 0.3 is 5.97 Å². The summed E-state index contributed by atoms with van der Waals surface area (Å²) in [5.74, 6) is -0.302. The monoisotopic (exact) mass is 293 g/mol. The molecule has 0 aliphatic carbocycles. The fraction of sp³-hybridized carbons (Fsp3) is 0.562. The maximum Gasteiger partial charge on any atom is 0.337 e. The first-order chi connectivity index (χ1) is 10.2. The minimum atomic E-state index is -0.302. The van der Waals surface area contributed by atoms with Crippen LogP contribution in [0, 0.1) is 0 Å². The summed E-state index contributed by atoms with van der Waals surface area (Å²) < 4.78 is 10.2. The molecule has 0 spiro atoms. The number of rotatable bonds is 6. The van der Waals surface area contributed by atoms with Crippen LogP contribution in [0.25, 0.3) is 0 Å². The fourth-order valence-electron chi connectivity index (χ4n) is 2.58. The number of aliphatic hydroxyl groups is 1. The molecule has 0 aromatic heterocycles. The number of benzene rings is 1. The molecular formula is C16H23NO4. The number of carbonyl (C=O) groups excluding carboxylic acids is 1. The predicted molar refractivity (Wildman–Crippen MR) is 79.1 cm³/mol. The van der Waals surface area contributed by atoms with Crippen LogP contribution < -0.4 is 0 Å². The molecule has 1 aromatic carbocycles. The lowest BCUT2D eigenvalue weighted by Crippen LogP contribution is -2.36. The average molecular weight is 293 g/mol. The third-order valence-corrected chi connectivity index (χ3v) is 3.76. The summed E-state index contributed by atoms with van der Waals surface area (Å²) in [6, 6.07) is 7.55. The molecule has 1 aromatic rings. The van der Waals surface area contributed by atoms with Crippen LogP contribution >= 0.6 is 0 Å². The van der Waals surface area contributed by atoms with E-state index in [4.69, 9.17) is 9.84 Å². The summed E-state index contributed by atoms with van der Waals surface area (Å²) in [4.78, 5) is 13.8. The van der Waals surface area contributed by atoms with Crippen molar-refractivity contribution >= 4 is 5.97 Å². The van der Waals surface area contributed by atoms with Gasteiger partial charge in [-0.3, -0.25) is 4.90 Å². The highest BCUT2D eigenvalue weighted by Crippen LogP contribution is 2.16. The van der Waals surface area contributed by atoms with Gasteiger partial charge in [-0.2, -0.15) is 0 Å². The second-order valence-electron chi connectivity index (χ2n) is 5.26. The molecule has 5 heteroatoms. The number of aliphatic hydroxyl groups excluding tert-OH is 1. The van der Waals surface area contributed by atoms with E-state index in [2.05, 4.69) is 9.64 Å². The summed E-state index contributed by atoms with van der Waals surface area (Å²) in [5, 5.41) is 8.75. The Hall–Kier alpha value is -1.43. The Balaban J connectivity index is 1.79. The standard InChI is InChI=1S/C16H23NO4/c1-20-16(19)14-4-2-13(3-5-14)12-17-8-6-15(7-9-17)21-11-10-18/h2-5,15,18H,6-12H2,1H3. The van der Waals surface area contributed by atoms with Gasteiger partial charge in [0, 0.05) is 19.6 Å². The first kappa shape index (κ1) is 15.9. The van der Waals surface area contributed by atoms with Crippen molar-refractivity contribution in [2.24, 2.45) is 0 Å². The molecule has 0 atom stereocenters. The van der Waals surface area contributed by atoms with E-state index in [9.17, 15) is 4.79 Å². The first-order valence-electron chi connectivity index (χ1n) is 7.35. The highest BCUT2D eigenvalue weighted by molar-refractivity contribution is 5.89. The second kappa shape index (κ2) is 8.12. The Labute approximate surface area is 125 Å². The van der Waals surface area contributed by atoms with Crippen molar-refractivity contribution in [2.45, 2.75) is 25.5 Å². The van der Waals surface area contributed by atoms with Crippen LogP contribution in [0.3, 0.4) is 0 Å². The summed E-state index contributed by atoms with van der Waals surface area (Å²) in [6.45, 7) is 3.39. The molecule has 1 saturated heterocycles. The van der Waals surface area contributed by atoms with Crippen molar-refractivity contribution in [1.29, 1.82) is 0 Å². The molecule has 0 bridgehead atoms. The van der Waals surface area contributed by atoms with Gasteiger partial charge in [0.1, 0.15) is 0 Å². The van der Waals surface area contributed by atoms with Crippen molar-refractivity contribution in [3.8, 4) is 0 Å². The normalized spacial score (nSPS) is 16.9. The Kier molecular flexibility index (Phi) is 6.17. The first-order valence-corrected chi connectivity index (χ1v) is 7.35. The summed E-state index contributed by atoms with van der Waals surface area (Å²) in [7, 11) is 1.39. The minimum Gasteiger partial charge on any atom is -0.465 e. The molecule has 21 heavy (non-hydrogen) atoms. The molecule has 1 aliphatic rings. The zero-order valence-electron chi connectivity index (χ0n) is 12.5.